The Hall–Kier alpha value is -1.42. The molecule has 0 spiro atoms. The highest BCUT2D eigenvalue weighted by Gasteiger charge is 2.19. The van der Waals surface area contributed by atoms with Crippen LogP contribution in [0.4, 0.5) is 4.39 Å². The molecule has 1 N–H and O–H groups in total. The number of carboxylic acid groups (broad SMARTS) is 1. The van der Waals surface area contributed by atoms with Crippen molar-refractivity contribution in [1.82, 2.24) is 0 Å². The summed E-state index contributed by atoms with van der Waals surface area (Å²) in [5.41, 5.74) is 0.598. The Bertz CT molecular complexity index is 321. The van der Waals surface area contributed by atoms with Crippen molar-refractivity contribution in [3.05, 3.63) is 35.6 Å². The highest BCUT2D eigenvalue weighted by Crippen LogP contribution is 2.20. The average molecular weight is 212 g/mol. The standard InChI is InChI=1S/C11H13FO3/c1-15-7-6-10(11(13)14)8-2-4-9(12)5-3-8/h2-5,10H,6-7H2,1H3,(H,13,14)/t10-/m1/s1. The number of aliphatic carboxylic acids is 1. The molecular weight excluding hydrogens is 199 g/mol. The van der Waals surface area contributed by atoms with Crippen LogP contribution in [0.2, 0.25) is 0 Å². The van der Waals surface area contributed by atoms with Gasteiger partial charge in [-0.3, -0.25) is 4.79 Å². The lowest BCUT2D eigenvalue weighted by molar-refractivity contribution is -0.139. The first-order valence-corrected chi connectivity index (χ1v) is 4.62. The lowest BCUT2D eigenvalue weighted by Crippen LogP contribution is -2.13. The normalized spacial score (nSPS) is 12.4. The minimum absolute atomic E-state index is 0.366. The average Bonchev–Trinajstić information content (AvgIpc) is 2.21. The van der Waals surface area contributed by atoms with Crippen molar-refractivity contribution in [2.24, 2.45) is 0 Å². The first kappa shape index (κ1) is 11.7. The molecule has 0 aliphatic rings. The maximum Gasteiger partial charge on any atom is 0.311 e. The van der Waals surface area contributed by atoms with Gasteiger partial charge in [-0.25, -0.2) is 4.39 Å². The maximum absolute atomic E-state index is 12.6. The summed E-state index contributed by atoms with van der Waals surface area (Å²) in [7, 11) is 1.52. The van der Waals surface area contributed by atoms with E-state index in [0.29, 0.717) is 18.6 Å². The van der Waals surface area contributed by atoms with E-state index < -0.39 is 11.9 Å². The zero-order valence-electron chi connectivity index (χ0n) is 8.44. The molecule has 0 aliphatic heterocycles. The zero-order chi connectivity index (χ0) is 11.3. The van der Waals surface area contributed by atoms with Crippen LogP contribution in [0.3, 0.4) is 0 Å². The Morgan fingerprint density at radius 1 is 1.47 bits per heavy atom. The number of carbonyl (C=O) groups is 1. The van der Waals surface area contributed by atoms with E-state index in [4.69, 9.17) is 9.84 Å². The largest absolute Gasteiger partial charge is 0.481 e. The van der Waals surface area contributed by atoms with Crippen molar-refractivity contribution in [1.29, 1.82) is 0 Å². The van der Waals surface area contributed by atoms with Gasteiger partial charge in [0.2, 0.25) is 0 Å². The van der Waals surface area contributed by atoms with E-state index in [-0.39, 0.29) is 5.82 Å². The lowest BCUT2D eigenvalue weighted by atomic mass is 9.96. The summed E-state index contributed by atoms with van der Waals surface area (Å²) in [6, 6.07) is 5.50. The maximum atomic E-state index is 12.6. The summed E-state index contributed by atoms with van der Waals surface area (Å²) in [6.07, 6.45) is 0.386. The molecular formula is C11H13FO3. The van der Waals surface area contributed by atoms with Crippen LogP contribution in [-0.2, 0) is 9.53 Å². The zero-order valence-corrected chi connectivity index (χ0v) is 8.44. The summed E-state index contributed by atoms with van der Waals surface area (Å²) >= 11 is 0. The number of benzene rings is 1. The van der Waals surface area contributed by atoms with Crippen molar-refractivity contribution in [3.8, 4) is 0 Å². The van der Waals surface area contributed by atoms with Crippen LogP contribution in [0.5, 0.6) is 0 Å². The fourth-order valence-electron chi connectivity index (χ4n) is 1.36. The van der Waals surface area contributed by atoms with Gasteiger partial charge in [0.25, 0.3) is 0 Å². The van der Waals surface area contributed by atoms with Crippen LogP contribution in [0.1, 0.15) is 17.9 Å². The van der Waals surface area contributed by atoms with Crippen LogP contribution in [0.25, 0.3) is 0 Å². The molecule has 0 fully saturated rings. The summed E-state index contributed by atoms with van der Waals surface area (Å²) in [5, 5.41) is 8.97. The molecule has 1 atom stereocenters. The second-order valence-corrected chi connectivity index (χ2v) is 3.22. The number of carboxylic acids is 1. The molecule has 1 rings (SSSR count). The topological polar surface area (TPSA) is 46.5 Å². The van der Waals surface area contributed by atoms with E-state index in [2.05, 4.69) is 0 Å². The van der Waals surface area contributed by atoms with E-state index in [9.17, 15) is 9.18 Å². The van der Waals surface area contributed by atoms with Crippen LogP contribution in [-0.4, -0.2) is 24.8 Å². The van der Waals surface area contributed by atoms with Gasteiger partial charge in [0.1, 0.15) is 5.82 Å². The van der Waals surface area contributed by atoms with E-state index in [1.54, 1.807) is 0 Å². The van der Waals surface area contributed by atoms with Crippen LogP contribution in [0, 0.1) is 5.82 Å². The second-order valence-electron chi connectivity index (χ2n) is 3.22. The van der Waals surface area contributed by atoms with Gasteiger partial charge in [-0.1, -0.05) is 12.1 Å². The molecule has 0 heterocycles. The van der Waals surface area contributed by atoms with E-state index in [1.165, 1.54) is 31.4 Å². The van der Waals surface area contributed by atoms with Crippen molar-refractivity contribution in [3.63, 3.8) is 0 Å². The smallest absolute Gasteiger partial charge is 0.311 e. The van der Waals surface area contributed by atoms with Gasteiger partial charge in [-0.2, -0.15) is 0 Å². The lowest BCUT2D eigenvalue weighted by Gasteiger charge is -2.11. The number of halogens is 1. The van der Waals surface area contributed by atoms with Gasteiger partial charge in [0.05, 0.1) is 5.92 Å². The summed E-state index contributed by atoms with van der Waals surface area (Å²) < 4.78 is 17.5. The molecule has 4 heteroatoms. The summed E-state index contributed by atoms with van der Waals surface area (Å²) in [5.74, 6) is -1.92. The van der Waals surface area contributed by atoms with E-state index >= 15 is 0 Å². The Kier molecular flexibility index (Phi) is 4.24. The van der Waals surface area contributed by atoms with Crippen molar-refractivity contribution < 1.29 is 19.0 Å². The third kappa shape index (κ3) is 3.32. The van der Waals surface area contributed by atoms with Crippen LogP contribution >= 0.6 is 0 Å². The first-order chi connectivity index (χ1) is 7.15. The third-order valence-electron chi connectivity index (χ3n) is 2.18. The van der Waals surface area contributed by atoms with Gasteiger partial charge in [-0.15, -0.1) is 0 Å². The fraction of sp³-hybridized carbons (Fsp3) is 0.364. The van der Waals surface area contributed by atoms with Crippen molar-refractivity contribution in [2.45, 2.75) is 12.3 Å². The number of hydrogen-bond acceptors (Lipinski definition) is 2. The number of rotatable bonds is 5. The van der Waals surface area contributed by atoms with Gasteiger partial charge >= 0.3 is 5.97 Å². The Morgan fingerprint density at radius 3 is 2.53 bits per heavy atom. The molecule has 82 valence electrons. The van der Waals surface area contributed by atoms with Gasteiger partial charge in [-0.05, 0) is 24.1 Å². The number of methoxy groups -OCH3 is 1. The second kappa shape index (κ2) is 5.46. The van der Waals surface area contributed by atoms with Crippen molar-refractivity contribution >= 4 is 5.97 Å². The van der Waals surface area contributed by atoms with Crippen molar-refractivity contribution in [2.75, 3.05) is 13.7 Å². The highest BCUT2D eigenvalue weighted by atomic mass is 19.1. The molecule has 0 radical (unpaired) electrons. The molecule has 0 saturated heterocycles. The minimum Gasteiger partial charge on any atom is -0.481 e. The summed E-state index contributed by atoms with van der Waals surface area (Å²) in [4.78, 5) is 10.9. The SMILES string of the molecule is COCC[C@@H](C(=O)O)c1ccc(F)cc1. The number of ether oxygens (including phenoxy) is 1. The van der Waals surface area contributed by atoms with Crippen LogP contribution < -0.4 is 0 Å². The monoisotopic (exact) mass is 212 g/mol. The van der Waals surface area contributed by atoms with E-state index in [0.717, 1.165) is 0 Å². The Morgan fingerprint density at radius 2 is 2.07 bits per heavy atom. The Balaban J connectivity index is 2.79. The summed E-state index contributed by atoms with van der Waals surface area (Å²) in [6.45, 7) is 0.369. The molecule has 0 saturated carbocycles. The highest BCUT2D eigenvalue weighted by molar-refractivity contribution is 5.76. The fourth-order valence-corrected chi connectivity index (χ4v) is 1.36. The van der Waals surface area contributed by atoms with Gasteiger partial charge in [0, 0.05) is 13.7 Å². The first-order valence-electron chi connectivity index (χ1n) is 4.62. The predicted octanol–water partition coefficient (Wildman–Crippen LogP) is 2.03. The molecule has 1 aromatic carbocycles. The quantitative estimate of drug-likeness (QED) is 0.812. The molecule has 0 bridgehead atoms. The molecule has 0 amide bonds. The molecule has 0 aromatic heterocycles. The third-order valence-corrected chi connectivity index (χ3v) is 2.18. The molecule has 0 aliphatic carbocycles. The van der Waals surface area contributed by atoms with Gasteiger partial charge < -0.3 is 9.84 Å². The molecule has 0 unspecified atom stereocenters. The van der Waals surface area contributed by atoms with E-state index in [1.807, 2.05) is 0 Å². The minimum atomic E-state index is -0.918. The molecule has 15 heavy (non-hydrogen) atoms. The van der Waals surface area contributed by atoms with Gasteiger partial charge in [0.15, 0.2) is 0 Å². The molecule has 1 aromatic rings. The predicted molar refractivity (Wildman–Crippen MR) is 53.3 cm³/mol. The molecule has 3 nitrogen and oxygen atoms in total. The van der Waals surface area contributed by atoms with Crippen LogP contribution in [0.15, 0.2) is 24.3 Å². The number of hydrogen-bond donors (Lipinski definition) is 1. The Labute approximate surface area is 87.5 Å².